The molecule has 0 saturated carbocycles. The van der Waals surface area contributed by atoms with Gasteiger partial charge in [-0.2, -0.15) is 0 Å². The fourth-order valence-electron chi connectivity index (χ4n) is 0.494. The molecule has 0 spiro atoms. The minimum Gasteiger partial charge on any atom is -0.501 e. The zero-order valence-corrected chi connectivity index (χ0v) is 6.47. The summed E-state index contributed by atoms with van der Waals surface area (Å²) in [6.07, 6.45) is 6.15. The SMILES string of the molecule is C=CCC(=C)C=COCC. The van der Waals surface area contributed by atoms with Crippen LogP contribution in [0.1, 0.15) is 13.3 Å². The molecule has 0 aliphatic heterocycles. The molecule has 0 atom stereocenters. The molecular weight excluding hydrogens is 124 g/mol. The first-order valence-corrected chi connectivity index (χ1v) is 3.38. The van der Waals surface area contributed by atoms with Crippen molar-refractivity contribution in [2.45, 2.75) is 13.3 Å². The summed E-state index contributed by atoms with van der Waals surface area (Å²) in [5, 5.41) is 0. The van der Waals surface area contributed by atoms with E-state index in [1.54, 1.807) is 6.26 Å². The van der Waals surface area contributed by atoms with Crippen molar-refractivity contribution in [2.75, 3.05) is 6.61 Å². The van der Waals surface area contributed by atoms with Gasteiger partial charge < -0.3 is 4.74 Å². The molecule has 0 aliphatic rings. The Kier molecular flexibility index (Phi) is 5.54. The van der Waals surface area contributed by atoms with Crippen molar-refractivity contribution in [3.05, 3.63) is 37.1 Å². The van der Waals surface area contributed by atoms with Gasteiger partial charge in [0.15, 0.2) is 0 Å². The lowest BCUT2D eigenvalue weighted by Gasteiger charge is -1.93. The highest BCUT2D eigenvalue weighted by Crippen LogP contribution is 1.99. The van der Waals surface area contributed by atoms with E-state index < -0.39 is 0 Å². The van der Waals surface area contributed by atoms with Gasteiger partial charge in [0.2, 0.25) is 0 Å². The Balaban J connectivity index is 3.45. The lowest BCUT2D eigenvalue weighted by atomic mass is 10.2. The maximum atomic E-state index is 4.97. The molecule has 0 aromatic rings. The quantitative estimate of drug-likeness (QED) is 0.322. The first kappa shape index (κ1) is 9.02. The number of allylic oxidation sites excluding steroid dienone is 3. The van der Waals surface area contributed by atoms with Crippen molar-refractivity contribution in [1.29, 1.82) is 0 Å². The average Bonchev–Trinajstić information content (AvgIpc) is 1.89. The van der Waals surface area contributed by atoms with Crippen LogP contribution in [0.25, 0.3) is 0 Å². The van der Waals surface area contributed by atoms with Crippen LogP contribution in [0, 0.1) is 0 Å². The summed E-state index contributed by atoms with van der Waals surface area (Å²) in [5.41, 5.74) is 1.02. The highest BCUT2D eigenvalue weighted by Gasteiger charge is 1.80. The molecule has 10 heavy (non-hydrogen) atoms. The summed E-state index contributed by atoms with van der Waals surface area (Å²) in [4.78, 5) is 0. The predicted octanol–water partition coefficient (Wildman–Crippen LogP) is 2.67. The second kappa shape index (κ2) is 6.14. The summed E-state index contributed by atoms with van der Waals surface area (Å²) < 4.78 is 4.97. The third-order valence-electron chi connectivity index (χ3n) is 0.973. The van der Waals surface area contributed by atoms with Crippen molar-refractivity contribution in [3.8, 4) is 0 Å². The Morgan fingerprint density at radius 3 is 2.80 bits per heavy atom. The van der Waals surface area contributed by atoms with Crippen LogP contribution in [0.15, 0.2) is 37.1 Å². The van der Waals surface area contributed by atoms with Gasteiger partial charge >= 0.3 is 0 Å². The summed E-state index contributed by atoms with van der Waals surface area (Å²) in [6, 6.07) is 0. The largest absolute Gasteiger partial charge is 0.501 e. The van der Waals surface area contributed by atoms with Crippen molar-refractivity contribution >= 4 is 0 Å². The van der Waals surface area contributed by atoms with E-state index in [0.29, 0.717) is 6.61 Å². The third kappa shape index (κ3) is 5.16. The number of hydrogen-bond acceptors (Lipinski definition) is 1. The molecule has 0 rings (SSSR count). The minimum absolute atomic E-state index is 0.706. The van der Waals surface area contributed by atoms with Gasteiger partial charge in [0.1, 0.15) is 0 Å². The fraction of sp³-hybridized carbons (Fsp3) is 0.333. The molecular formula is C9H14O. The lowest BCUT2D eigenvalue weighted by Crippen LogP contribution is -1.77. The summed E-state index contributed by atoms with van der Waals surface area (Å²) in [7, 11) is 0. The standard InChI is InChI=1S/C9H14O/c1-4-6-9(3)7-8-10-5-2/h4,7-8H,1,3,5-6H2,2H3. The molecule has 1 heteroatoms. The van der Waals surface area contributed by atoms with Crippen LogP contribution in [0.3, 0.4) is 0 Å². The van der Waals surface area contributed by atoms with Crippen LogP contribution in [0.2, 0.25) is 0 Å². The van der Waals surface area contributed by atoms with Crippen molar-refractivity contribution in [3.63, 3.8) is 0 Å². The monoisotopic (exact) mass is 138 g/mol. The van der Waals surface area contributed by atoms with Gasteiger partial charge in [-0.25, -0.2) is 0 Å². The van der Waals surface area contributed by atoms with E-state index in [-0.39, 0.29) is 0 Å². The van der Waals surface area contributed by atoms with Gasteiger partial charge in [0.25, 0.3) is 0 Å². The van der Waals surface area contributed by atoms with Crippen molar-refractivity contribution < 1.29 is 4.74 Å². The van der Waals surface area contributed by atoms with Crippen LogP contribution >= 0.6 is 0 Å². The molecule has 0 radical (unpaired) electrons. The molecule has 0 amide bonds. The van der Waals surface area contributed by atoms with E-state index in [9.17, 15) is 0 Å². The van der Waals surface area contributed by atoms with Gasteiger partial charge in [-0.1, -0.05) is 12.7 Å². The molecule has 0 fully saturated rings. The molecule has 0 saturated heterocycles. The maximum absolute atomic E-state index is 4.97. The van der Waals surface area contributed by atoms with Gasteiger partial charge in [-0.05, 0) is 25.0 Å². The molecule has 0 heterocycles. The minimum atomic E-state index is 0.706. The number of hydrogen-bond donors (Lipinski definition) is 0. The molecule has 0 aromatic heterocycles. The number of rotatable bonds is 5. The van der Waals surface area contributed by atoms with Gasteiger partial charge in [0, 0.05) is 0 Å². The second-order valence-corrected chi connectivity index (χ2v) is 1.91. The van der Waals surface area contributed by atoms with E-state index in [1.807, 2.05) is 19.1 Å². The fourth-order valence-corrected chi connectivity index (χ4v) is 0.494. The highest BCUT2D eigenvalue weighted by atomic mass is 16.5. The zero-order valence-electron chi connectivity index (χ0n) is 6.47. The Bertz CT molecular complexity index is 134. The average molecular weight is 138 g/mol. The summed E-state index contributed by atoms with van der Waals surface area (Å²) >= 11 is 0. The molecule has 0 aliphatic carbocycles. The molecule has 0 bridgehead atoms. The molecule has 0 unspecified atom stereocenters. The molecule has 1 nitrogen and oxygen atoms in total. The normalized spacial score (nSPS) is 9.70. The number of ether oxygens (including phenoxy) is 1. The van der Waals surface area contributed by atoms with E-state index in [2.05, 4.69) is 13.2 Å². The maximum Gasteiger partial charge on any atom is 0.0845 e. The molecule has 0 N–H and O–H groups in total. The van der Waals surface area contributed by atoms with Crippen LogP contribution < -0.4 is 0 Å². The lowest BCUT2D eigenvalue weighted by molar-refractivity contribution is 0.269. The van der Waals surface area contributed by atoms with Crippen LogP contribution in [0.5, 0.6) is 0 Å². The molecule has 56 valence electrons. The second-order valence-electron chi connectivity index (χ2n) is 1.91. The van der Waals surface area contributed by atoms with E-state index >= 15 is 0 Å². The smallest absolute Gasteiger partial charge is 0.0845 e. The van der Waals surface area contributed by atoms with E-state index in [1.165, 1.54) is 0 Å². The van der Waals surface area contributed by atoms with Gasteiger partial charge in [-0.3, -0.25) is 0 Å². The topological polar surface area (TPSA) is 9.23 Å². The van der Waals surface area contributed by atoms with Gasteiger partial charge in [0.05, 0.1) is 12.9 Å². The van der Waals surface area contributed by atoms with Crippen LogP contribution in [-0.2, 0) is 4.74 Å². The third-order valence-corrected chi connectivity index (χ3v) is 0.973. The predicted molar refractivity (Wildman–Crippen MR) is 44.7 cm³/mol. The van der Waals surface area contributed by atoms with Crippen LogP contribution in [-0.4, -0.2) is 6.61 Å². The van der Waals surface area contributed by atoms with E-state index in [0.717, 1.165) is 12.0 Å². The highest BCUT2D eigenvalue weighted by molar-refractivity contribution is 5.15. The van der Waals surface area contributed by atoms with Crippen molar-refractivity contribution in [2.24, 2.45) is 0 Å². The zero-order chi connectivity index (χ0) is 7.82. The Morgan fingerprint density at radius 1 is 1.60 bits per heavy atom. The Morgan fingerprint density at radius 2 is 2.30 bits per heavy atom. The Labute approximate surface area is 62.7 Å². The first-order chi connectivity index (χ1) is 4.81. The van der Waals surface area contributed by atoms with E-state index in [4.69, 9.17) is 4.74 Å². The summed E-state index contributed by atoms with van der Waals surface area (Å²) in [6.45, 7) is 10.0. The van der Waals surface area contributed by atoms with Gasteiger partial charge in [-0.15, -0.1) is 6.58 Å². The molecule has 0 aromatic carbocycles. The summed E-state index contributed by atoms with van der Waals surface area (Å²) in [5.74, 6) is 0. The van der Waals surface area contributed by atoms with Crippen LogP contribution in [0.4, 0.5) is 0 Å². The first-order valence-electron chi connectivity index (χ1n) is 3.38. The van der Waals surface area contributed by atoms with Crippen molar-refractivity contribution in [1.82, 2.24) is 0 Å². The Hall–Kier alpha value is -0.980.